The summed E-state index contributed by atoms with van der Waals surface area (Å²) in [5, 5.41) is 19.2. The molecule has 2 rings (SSSR count). The zero-order valence-corrected chi connectivity index (χ0v) is 23.6. The number of hydrogen-bond donors (Lipinski definition) is 2. The van der Waals surface area contributed by atoms with E-state index in [1.54, 1.807) is 0 Å². The molecule has 0 aliphatic rings. The molecule has 8 nitrogen and oxygen atoms in total. The first-order valence-corrected chi connectivity index (χ1v) is 13.7. The van der Waals surface area contributed by atoms with Crippen molar-refractivity contribution in [3.05, 3.63) is 59.7 Å². The van der Waals surface area contributed by atoms with E-state index in [2.05, 4.69) is 0 Å². The van der Waals surface area contributed by atoms with Crippen molar-refractivity contribution in [3.8, 4) is 0 Å². The largest absolute Gasteiger partial charge is 0.465 e. The monoisotopic (exact) mass is 526 g/mol. The van der Waals surface area contributed by atoms with Crippen LogP contribution in [0.3, 0.4) is 0 Å². The topological polar surface area (TPSA) is 87.6 Å². The van der Waals surface area contributed by atoms with E-state index < -0.39 is 12.2 Å². The van der Waals surface area contributed by atoms with Gasteiger partial charge in [-0.1, -0.05) is 62.8 Å². The van der Waals surface area contributed by atoms with Gasteiger partial charge in [-0.3, -0.25) is 0 Å². The molecule has 0 spiro atoms. The minimum absolute atomic E-state index is 0.408. The van der Waals surface area contributed by atoms with Crippen molar-refractivity contribution in [1.82, 2.24) is 9.80 Å². The molecule has 2 aromatic carbocycles. The van der Waals surface area contributed by atoms with Gasteiger partial charge >= 0.3 is 12.2 Å². The first-order valence-electron chi connectivity index (χ1n) is 13.7. The third kappa shape index (κ3) is 11.3. The van der Waals surface area contributed by atoms with Crippen LogP contribution in [0.1, 0.15) is 62.5 Å². The fraction of sp³-hybridized carbons (Fsp3) is 0.533. The Morgan fingerprint density at radius 1 is 0.579 bits per heavy atom. The Balaban J connectivity index is 1.59. The van der Waals surface area contributed by atoms with Crippen LogP contribution in [-0.4, -0.2) is 73.5 Å². The average Bonchev–Trinajstić information content (AvgIpc) is 2.88. The van der Waals surface area contributed by atoms with Crippen molar-refractivity contribution >= 4 is 23.6 Å². The average molecular weight is 527 g/mol. The molecule has 0 aliphatic carbocycles. The van der Waals surface area contributed by atoms with Crippen molar-refractivity contribution in [2.24, 2.45) is 0 Å². The number of carbonyl (C=O) groups is 2. The quantitative estimate of drug-likeness (QED) is 0.226. The molecule has 2 N–H and O–H groups in total. The van der Waals surface area contributed by atoms with E-state index in [9.17, 15) is 19.8 Å². The summed E-state index contributed by atoms with van der Waals surface area (Å²) < 4.78 is 0. The summed E-state index contributed by atoms with van der Waals surface area (Å²) in [7, 11) is 7.91. The number of unbranched alkanes of at least 4 members (excludes halogenated alkanes) is 7. The molecule has 0 heterocycles. The van der Waals surface area contributed by atoms with Crippen LogP contribution < -0.4 is 9.80 Å². The molecule has 0 saturated carbocycles. The summed E-state index contributed by atoms with van der Waals surface area (Å²) in [4.78, 5) is 30.4. The highest BCUT2D eigenvalue weighted by atomic mass is 16.4. The summed E-state index contributed by atoms with van der Waals surface area (Å²) in [6.07, 6.45) is 6.43. The molecular formula is C30H46N4O4. The van der Waals surface area contributed by atoms with Crippen molar-refractivity contribution in [1.29, 1.82) is 0 Å². The summed E-state index contributed by atoms with van der Waals surface area (Å²) in [6.45, 7) is 1.91. The molecule has 0 fully saturated rings. The molecule has 0 radical (unpaired) electrons. The van der Waals surface area contributed by atoms with Gasteiger partial charge in [-0.05, 0) is 48.2 Å². The van der Waals surface area contributed by atoms with E-state index in [1.165, 1.54) is 9.80 Å². The van der Waals surface area contributed by atoms with Crippen LogP contribution in [0.25, 0.3) is 0 Å². The van der Waals surface area contributed by atoms with Gasteiger partial charge in [-0.2, -0.15) is 0 Å². The molecule has 0 unspecified atom stereocenters. The van der Waals surface area contributed by atoms with Crippen LogP contribution in [0.2, 0.25) is 0 Å². The molecule has 38 heavy (non-hydrogen) atoms. The lowest BCUT2D eigenvalue weighted by Crippen LogP contribution is -2.30. The fourth-order valence-electron chi connectivity index (χ4n) is 4.46. The Morgan fingerprint density at radius 2 is 0.921 bits per heavy atom. The standard InChI is InChI=1S/C30H46N4O4/c1-31(2)27-17-13-15-25(21-27)23-33(29(35)36)19-11-9-7-5-6-8-10-12-20-34(30(37)38)24-26-16-14-18-28(22-26)32(3)4/h13-18,21-22H,5-12,19-20,23-24H2,1-4H3,(H,35,36)(H,37,38). The van der Waals surface area contributed by atoms with E-state index in [0.717, 1.165) is 73.9 Å². The SMILES string of the molecule is CN(C)c1cccc(CN(CCCCCCCCCCN(Cc2cccc(N(C)C)c2)C(=O)O)C(=O)O)c1. The minimum Gasteiger partial charge on any atom is -0.465 e. The molecule has 0 atom stereocenters. The van der Waals surface area contributed by atoms with Crippen molar-refractivity contribution in [3.63, 3.8) is 0 Å². The van der Waals surface area contributed by atoms with Gasteiger partial charge in [0.25, 0.3) is 0 Å². The Morgan fingerprint density at radius 3 is 1.24 bits per heavy atom. The highest BCUT2D eigenvalue weighted by Gasteiger charge is 2.13. The van der Waals surface area contributed by atoms with E-state index in [4.69, 9.17) is 0 Å². The maximum atomic E-state index is 11.7. The summed E-state index contributed by atoms with van der Waals surface area (Å²) in [5.74, 6) is 0. The molecule has 210 valence electrons. The third-order valence-electron chi connectivity index (χ3n) is 6.75. The van der Waals surface area contributed by atoms with Gasteiger partial charge in [-0.25, -0.2) is 9.59 Å². The normalized spacial score (nSPS) is 10.7. The summed E-state index contributed by atoms with van der Waals surface area (Å²) >= 11 is 0. The van der Waals surface area contributed by atoms with Gasteiger partial charge in [0.05, 0.1) is 0 Å². The van der Waals surface area contributed by atoms with Gasteiger partial charge in [0.15, 0.2) is 0 Å². The lowest BCUT2D eigenvalue weighted by atomic mass is 10.1. The zero-order valence-electron chi connectivity index (χ0n) is 23.6. The van der Waals surface area contributed by atoms with Crippen LogP contribution >= 0.6 is 0 Å². The second kappa shape index (κ2) is 16.4. The maximum absolute atomic E-state index is 11.7. The molecule has 0 aliphatic heterocycles. The van der Waals surface area contributed by atoms with Crippen LogP contribution in [0.15, 0.2) is 48.5 Å². The van der Waals surface area contributed by atoms with Gasteiger partial charge in [0.1, 0.15) is 0 Å². The van der Waals surface area contributed by atoms with E-state index >= 15 is 0 Å². The molecule has 2 amide bonds. The van der Waals surface area contributed by atoms with E-state index in [-0.39, 0.29) is 0 Å². The number of carboxylic acid groups (broad SMARTS) is 2. The first kappa shape index (κ1) is 30.8. The highest BCUT2D eigenvalue weighted by molar-refractivity contribution is 5.65. The smallest absolute Gasteiger partial charge is 0.407 e. The van der Waals surface area contributed by atoms with Crippen LogP contribution in [0, 0.1) is 0 Å². The highest BCUT2D eigenvalue weighted by Crippen LogP contribution is 2.17. The van der Waals surface area contributed by atoms with Crippen LogP contribution in [0.4, 0.5) is 21.0 Å². The maximum Gasteiger partial charge on any atom is 0.407 e. The van der Waals surface area contributed by atoms with Gasteiger partial charge in [0.2, 0.25) is 0 Å². The van der Waals surface area contributed by atoms with Crippen molar-refractivity contribution in [2.45, 2.75) is 64.5 Å². The number of anilines is 2. The number of nitrogens with zero attached hydrogens (tertiary/aromatic N) is 4. The summed E-state index contributed by atoms with van der Waals surface area (Å²) in [6, 6.07) is 16.0. The predicted molar refractivity (Wildman–Crippen MR) is 155 cm³/mol. The molecule has 0 saturated heterocycles. The molecule has 8 heteroatoms. The minimum atomic E-state index is -0.874. The van der Waals surface area contributed by atoms with E-state index in [0.29, 0.717) is 26.2 Å². The molecule has 2 aromatic rings. The Hall–Kier alpha value is -3.42. The van der Waals surface area contributed by atoms with Gasteiger partial charge in [-0.15, -0.1) is 0 Å². The van der Waals surface area contributed by atoms with Crippen LogP contribution in [0.5, 0.6) is 0 Å². The fourth-order valence-corrected chi connectivity index (χ4v) is 4.46. The van der Waals surface area contributed by atoms with Crippen LogP contribution in [-0.2, 0) is 13.1 Å². The Kier molecular flexibility index (Phi) is 13.3. The first-order chi connectivity index (χ1) is 18.2. The van der Waals surface area contributed by atoms with E-state index in [1.807, 2.05) is 86.5 Å². The molecule has 0 bridgehead atoms. The van der Waals surface area contributed by atoms with Gasteiger partial charge in [0, 0.05) is 65.7 Å². The number of amides is 2. The van der Waals surface area contributed by atoms with Crippen molar-refractivity contribution in [2.75, 3.05) is 51.1 Å². The number of hydrogen-bond acceptors (Lipinski definition) is 4. The zero-order chi connectivity index (χ0) is 27.9. The number of benzene rings is 2. The van der Waals surface area contributed by atoms with Crippen molar-refractivity contribution < 1.29 is 19.8 Å². The number of rotatable bonds is 17. The molecule has 0 aromatic heterocycles. The second-order valence-electron chi connectivity index (χ2n) is 10.4. The third-order valence-corrected chi connectivity index (χ3v) is 6.75. The molecular weight excluding hydrogens is 480 g/mol. The lowest BCUT2D eigenvalue weighted by molar-refractivity contribution is 0.140. The van der Waals surface area contributed by atoms with Gasteiger partial charge < -0.3 is 29.8 Å². The second-order valence-corrected chi connectivity index (χ2v) is 10.4. The summed E-state index contributed by atoms with van der Waals surface area (Å²) in [5.41, 5.74) is 4.14. The lowest BCUT2D eigenvalue weighted by Gasteiger charge is -2.21. The predicted octanol–water partition coefficient (Wildman–Crippen LogP) is 6.60. The Labute approximate surface area is 228 Å². The Bertz CT molecular complexity index is 916.